The van der Waals surface area contributed by atoms with Crippen LogP contribution in [-0.4, -0.2) is 37.2 Å². The van der Waals surface area contributed by atoms with Crippen LogP contribution >= 0.6 is 11.6 Å². The van der Waals surface area contributed by atoms with E-state index in [0.717, 1.165) is 43.4 Å². The van der Waals surface area contributed by atoms with E-state index in [4.69, 9.17) is 22.1 Å². The molecule has 1 saturated heterocycles. The Morgan fingerprint density at radius 1 is 1.31 bits per heavy atom. The number of hydrogen-bond donors (Lipinski definition) is 1. The van der Waals surface area contributed by atoms with Crippen LogP contribution in [0.3, 0.4) is 0 Å². The molecule has 0 bridgehead atoms. The summed E-state index contributed by atoms with van der Waals surface area (Å²) in [4.78, 5) is 2.34. The molecular formula is C12H17ClN2O. The topological polar surface area (TPSA) is 38.5 Å². The Balaban J connectivity index is 1.59. The van der Waals surface area contributed by atoms with Gasteiger partial charge in [-0.2, -0.15) is 0 Å². The van der Waals surface area contributed by atoms with Gasteiger partial charge >= 0.3 is 0 Å². The average Bonchev–Trinajstić information content (AvgIpc) is 2.24. The van der Waals surface area contributed by atoms with Crippen LogP contribution in [0.25, 0.3) is 0 Å². The SMILES string of the molecule is NC1CN(CCCOc2ccc(Cl)cc2)C1. The summed E-state index contributed by atoms with van der Waals surface area (Å²) in [5.74, 6) is 0.879. The van der Waals surface area contributed by atoms with Crippen molar-refractivity contribution in [3.05, 3.63) is 29.3 Å². The molecule has 2 rings (SSSR count). The van der Waals surface area contributed by atoms with E-state index in [2.05, 4.69) is 4.90 Å². The van der Waals surface area contributed by atoms with Gasteiger partial charge in [0.1, 0.15) is 5.75 Å². The lowest BCUT2D eigenvalue weighted by Crippen LogP contribution is -2.55. The first-order chi connectivity index (χ1) is 7.74. The van der Waals surface area contributed by atoms with Crippen molar-refractivity contribution in [2.45, 2.75) is 12.5 Å². The number of nitrogens with zero attached hydrogens (tertiary/aromatic N) is 1. The molecule has 1 aliphatic heterocycles. The van der Waals surface area contributed by atoms with Crippen LogP contribution in [0.2, 0.25) is 5.02 Å². The van der Waals surface area contributed by atoms with Crippen LogP contribution in [-0.2, 0) is 0 Å². The molecule has 1 heterocycles. The summed E-state index contributed by atoms with van der Waals surface area (Å²) in [6.45, 7) is 3.87. The zero-order valence-corrected chi connectivity index (χ0v) is 9.99. The molecule has 0 atom stereocenters. The van der Waals surface area contributed by atoms with E-state index in [1.807, 2.05) is 24.3 Å². The maximum Gasteiger partial charge on any atom is 0.119 e. The fraction of sp³-hybridized carbons (Fsp3) is 0.500. The molecule has 0 saturated carbocycles. The quantitative estimate of drug-likeness (QED) is 0.797. The third kappa shape index (κ3) is 3.37. The molecule has 0 aliphatic carbocycles. The highest BCUT2D eigenvalue weighted by Crippen LogP contribution is 2.15. The third-order valence-electron chi connectivity index (χ3n) is 2.69. The van der Waals surface area contributed by atoms with Gasteiger partial charge in [-0.3, -0.25) is 0 Å². The number of rotatable bonds is 5. The highest BCUT2D eigenvalue weighted by molar-refractivity contribution is 6.30. The van der Waals surface area contributed by atoms with Crippen molar-refractivity contribution in [3.63, 3.8) is 0 Å². The number of benzene rings is 1. The molecule has 1 aromatic carbocycles. The van der Waals surface area contributed by atoms with Gasteiger partial charge in [0, 0.05) is 30.7 Å². The van der Waals surface area contributed by atoms with Gasteiger partial charge < -0.3 is 15.4 Å². The summed E-state index contributed by atoms with van der Waals surface area (Å²) in [5.41, 5.74) is 5.69. The van der Waals surface area contributed by atoms with Crippen LogP contribution in [0.4, 0.5) is 0 Å². The van der Waals surface area contributed by atoms with Gasteiger partial charge in [-0.15, -0.1) is 0 Å². The molecule has 0 radical (unpaired) electrons. The first kappa shape index (κ1) is 11.7. The highest BCUT2D eigenvalue weighted by Gasteiger charge is 2.21. The van der Waals surface area contributed by atoms with Gasteiger partial charge in [0.15, 0.2) is 0 Å². The van der Waals surface area contributed by atoms with Crippen molar-refractivity contribution >= 4 is 11.6 Å². The van der Waals surface area contributed by atoms with Gasteiger partial charge in [-0.05, 0) is 30.7 Å². The number of hydrogen-bond acceptors (Lipinski definition) is 3. The molecule has 0 unspecified atom stereocenters. The van der Waals surface area contributed by atoms with Gasteiger partial charge in [-0.25, -0.2) is 0 Å². The Kier molecular flexibility index (Phi) is 4.04. The van der Waals surface area contributed by atoms with E-state index in [1.54, 1.807) is 0 Å². The monoisotopic (exact) mass is 240 g/mol. The van der Waals surface area contributed by atoms with Crippen molar-refractivity contribution in [3.8, 4) is 5.75 Å². The van der Waals surface area contributed by atoms with E-state index >= 15 is 0 Å². The number of halogens is 1. The summed E-state index contributed by atoms with van der Waals surface area (Å²) in [5, 5.41) is 0.738. The average molecular weight is 241 g/mol. The minimum absolute atomic E-state index is 0.386. The second-order valence-electron chi connectivity index (χ2n) is 4.18. The van der Waals surface area contributed by atoms with Crippen molar-refractivity contribution in [2.75, 3.05) is 26.2 Å². The van der Waals surface area contributed by atoms with Crippen molar-refractivity contribution in [2.24, 2.45) is 5.73 Å². The van der Waals surface area contributed by atoms with Gasteiger partial charge in [0.05, 0.1) is 6.61 Å². The summed E-state index contributed by atoms with van der Waals surface area (Å²) in [6, 6.07) is 7.85. The van der Waals surface area contributed by atoms with E-state index in [1.165, 1.54) is 0 Å². The maximum absolute atomic E-state index is 5.78. The normalized spacial score (nSPS) is 17.1. The first-order valence-corrected chi connectivity index (χ1v) is 5.98. The summed E-state index contributed by atoms with van der Waals surface area (Å²) >= 11 is 5.78. The smallest absolute Gasteiger partial charge is 0.119 e. The molecule has 88 valence electrons. The van der Waals surface area contributed by atoms with Crippen LogP contribution in [0.15, 0.2) is 24.3 Å². The lowest BCUT2D eigenvalue weighted by molar-refractivity contribution is 0.139. The number of ether oxygens (including phenoxy) is 1. The Morgan fingerprint density at radius 2 is 2.00 bits per heavy atom. The van der Waals surface area contributed by atoms with Gasteiger partial charge in [-0.1, -0.05) is 11.6 Å². The summed E-state index contributed by atoms with van der Waals surface area (Å²) in [7, 11) is 0. The molecule has 1 fully saturated rings. The molecule has 0 spiro atoms. The van der Waals surface area contributed by atoms with Crippen molar-refractivity contribution in [1.29, 1.82) is 0 Å². The van der Waals surface area contributed by atoms with Crippen LogP contribution in [0, 0.1) is 0 Å². The molecule has 0 aromatic heterocycles. The van der Waals surface area contributed by atoms with Crippen LogP contribution in [0.1, 0.15) is 6.42 Å². The molecule has 3 nitrogen and oxygen atoms in total. The molecule has 1 aliphatic rings. The largest absolute Gasteiger partial charge is 0.494 e. The first-order valence-electron chi connectivity index (χ1n) is 5.60. The third-order valence-corrected chi connectivity index (χ3v) is 2.94. The minimum Gasteiger partial charge on any atom is -0.494 e. The Hall–Kier alpha value is -0.770. The van der Waals surface area contributed by atoms with E-state index in [0.29, 0.717) is 6.04 Å². The summed E-state index contributed by atoms with van der Waals surface area (Å²) in [6.07, 6.45) is 1.04. The van der Waals surface area contributed by atoms with Crippen molar-refractivity contribution < 1.29 is 4.74 Å². The minimum atomic E-state index is 0.386. The Labute approximate surface area is 101 Å². The second-order valence-corrected chi connectivity index (χ2v) is 4.61. The summed E-state index contributed by atoms with van der Waals surface area (Å²) < 4.78 is 5.59. The standard InChI is InChI=1S/C12H17ClN2O/c13-10-2-4-12(5-3-10)16-7-1-6-15-8-11(14)9-15/h2-5,11H,1,6-9,14H2. The second kappa shape index (κ2) is 5.53. The maximum atomic E-state index is 5.78. The van der Waals surface area contributed by atoms with E-state index in [-0.39, 0.29) is 0 Å². The molecule has 16 heavy (non-hydrogen) atoms. The fourth-order valence-electron chi connectivity index (χ4n) is 1.80. The lowest BCUT2D eigenvalue weighted by atomic mass is 10.1. The van der Waals surface area contributed by atoms with Crippen LogP contribution < -0.4 is 10.5 Å². The zero-order valence-electron chi connectivity index (χ0n) is 9.23. The number of likely N-dealkylation sites (tertiary alicyclic amines) is 1. The zero-order chi connectivity index (χ0) is 11.4. The molecule has 0 amide bonds. The molecule has 4 heteroatoms. The predicted molar refractivity (Wildman–Crippen MR) is 66.0 cm³/mol. The molecule has 2 N–H and O–H groups in total. The van der Waals surface area contributed by atoms with E-state index in [9.17, 15) is 0 Å². The molecular weight excluding hydrogens is 224 g/mol. The lowest BCUT2D eigenvalue weighted by Gasteiger charge is -2.36. The predicted octanol–water partition coefficient (Wildman–Crippen LogP) is 1.75. The Bertz CT molecular complexity index is 322. The number of nitrogens with two attached hydrogens (primary N) is 1. The molecule has 1 aromatic rings. The van der Waals surface area contributed by atoms with E-state index < -0.39 is 0 Å². The fourth-order valence-corrected chi connectivity index (χ4v) is 1.93. The van der Waals surface area contributed by atoms with Gasteiger partial charge in [0.25, 0.3) is 0 Å². The van der Waals surface area contributed by atoms with Crippen molar-refractivity contribution in [1.82, 2.24) is 4.90 Å². The van der Waals surface area contributed by atoms with Gasteiger partial charge in [0.2, 0.25) is 0 Å². The van der Waals surface area contributed by atoms with Crippen LogP contribution in [0.5, 0.6) is 5.75 Å². The Morgan fingerprint density at radius 3 is 2.62 bits per heavy atom. The highest BCUT2D eigenvalue weighted by atomic mass is 35.5.